The fraction of sp³-hybridized carbons (Fsp3) is 0.588. The zero-order chi connectivity index (χ0) is 16.2. The summed E-state index contributed by atoms with van der Waals surface area (Å²) in [6, 6.07) is 6.37. The Morgan fingerprint density at radius 2 is 1.82 bits per heavy atom. The van der Waals surface area contributed by atoms with Crippen molar-refractivity contribution in [1.29, 1.82) is 0 Å². The summed E-state index contributed by atoms with van der Waals surface area (Å²) >= 11 is 0. The fourth-order valence-corrected chi connectivity index (χ4v) is 3.19. The summed E-state index contributed by atoms with van der Waals surface area (Å²) in [4.78, 5) is 10.3. The molecule has 1 aromatic carbocycles. The third kappa shape index (κ3) is 4.18. The molecule has 22 heavy (non-hydrogen) atoms. The van der Waals surface area contributed by atoms with E-state index in [1.54, 1.807) is 12.1 Å². The topological polar surface area (TPSA) is 46.5 Å². The summed E-state index contributed by atoms with van der Waals surface area (Å²) < 4.78 is 30.2. The highest BCUT2D eigenvalue weighted by Crippen LogP contribution is 2.38. The predicted molar refractivity (Wildman–Crippen MR) is 79.3 cm³/mol. The molecule has 0 amide bonds. The molecule has 1 fully saturated rings. The lowest BCUT2D eigenvalue weighted by Crippen LogP contribution is -2.34. The van der Waals surface area contributed by atoms with E-state index >= 15 is 0 Å². The summed E-state index contributed by atoms with van der Waals surface area (Å²) in [7, 11) is 0. The Morgan fingerprint density at radius 3 is 2.32 bits per heavy atom. The van der Waals surface area contributed by atoms with E-state index in [9.17, 15) is 13.6 Å². The van der Waals surface area contributed by atoms with Crippen molar-refractivity contribution in [2.45, 2.75) is 57.5 Å². The van der Waals surface area contributed by atoms with E-state index in [4.69, 9.17) is 5.11 Å². The summed E-state index contributed by atoms with van der Waals surface area (Å²) in [5, 5.41) is 8.35. The summed E-state index contributed by atoms with van der Waals surface area (Å²) in [6.45, 7) is 2.21. The number of carboxylic acids is 1. The molecule has 0 aromatic heterocycles. The number of hydrogen-bond donors (Lipinski definition) is 1. The molecule has 1 aromatic rings. The van der Waals surface area contributed by atoms with Crippen molar-refractivity contribution in [3.05, 3.63) is 29.8 Å². The molecular formula is C17H22F2O3. The summed E-state index contributed by atoms with van der Waals surface area (Å²) in [5.41, 5.74) is 1.11. The van der Waals surface area contributed by atoms with Gasteiger partial charge in [-0.3, -0.25) is 0 Å². The van der Waals surface area contributed by atoms with Crippen molar-refractivity contribution in [3.8, 4) is 5.75 Å². The molecule has 1 saturated carbocycles. The molecule has 0 bridgehead atoms. The largest absolute Gasteiger partial charge is 0.501 e. The average Bonchev–Trinajstić information content (AvgIpc) is 2.49. The lowest BCUT2D eigenvalue weighted by Gasteiger charge is -2.28. The van der Waals surface area contributed by atoms with Crippen LogP contribution in [0.2, 0.25) is 0 Å². The monoisotopic (exact) mass is 312 g/mol. The Kier molecular flexibility index (Phi) is 5.37. The van der Waals surface area contributed by atoms with Crippen LogP contribution in [0.1, 0.15) is 56.9 Å². The number of halogens is 2. The van der Waals surface area contributed by atoms with Crippen molar-refractivity contribution in [2.24, 2.45) is 5.92 Å². The summed E-state index contributed by atoms with van der Waals surface area (Å²) in [6.07, 6.45) is 2.98. The molecule has 0 unspecified atom stereocenters. The molecule has 5 heteroatoms. The minimum absolute atomic E-state index is 0.129. The van der Waals surface area contributed by atoms with Gasteiger partial charge in [-0.05, 0) is 55.2 Å². The van der Waals surface area contributed by atoms with E-state index in [1.807, 2.05) is 0 Å². The molecule has 0 heterocycles. The van der Waals surface area contributed by atoms with Crippen molar-refractivity contribution in [2.75, 3.05) is 0 Å². The van der Waals surface area contributed by atoms with E-state index in [0.717, 1.165) is 24.3 Å². The Bertz CT molecular complexity index is 491. The maximum Gasteiger partial charge on any atom is 0.501 e. The van der Waals surface area contributed by atoms with E-state index in [-0.39, 0.29) is 5.75 Å². The van der Waals surface area contributed by atoms with Crippen LogP contribution in [-0.2, 0) is 4.79 Å². The van der Waals surface area contributed by atoms with Crippen LogP contribution in [0.4, 0.5) is 8.78 Å². The predicted octanol–water partition coefficient (Wildman–Crippen LogP) is 4.82. The molecule has 2 rings (SSSR count). The molecule has 1 aliphatic rings. The van der Waals surface area contributed by atoms with Gasteiger partial charge in [0.2, 0.25) is 0 Å². The van der Waals surface area contributed by atoms with Gasteiger partial charge in [-0.25, -0.2) is 4.79 Å². The molecule has 0 spiro atoms. The minimum atomic E-state index is -4.19. The molecule has 0 aliphatic heterocycles. The van der Waals surface area contributed by atoms with Gasteiger partial charge in [0.05, 0.1) is 0 Å². The highest BCUT2D eigenvalue weighted by atomic mass is 19.3. The van der Waals surface area contributed by atoms with E-state index in [1.165, 1.54) is 37.8 Å². The maximum absolute atomic E-state index is 13.0. The normalized spacial score (nSPS) is 22.3. The summed E-state index contributed by atoms with van der Waals surface area (Å²) in [5.74, 6) is -1.14. The van der Waals surface area contributed by atoms with Gasteiger partial charge >= 0.3 is 12.1 Å². The molecule has 1 aliphatic carbocycles. The standard InChI is InChI=1S/C17H22F2O3/c1-2-3-12-4-6-13(7-5-12)14-8-10-15(11-9-14)22-17(18,19)16(20)21/h8-13H,2-7H2,1H3,(H,20,21). The van der Waals surface area contributed by atoms with Gasteiger partial charge in [0, 0.05) is 0 Å². The van der Waals surface area contributed by atoms with Crippen LogP contribution in [0, 0.1) is 5.92 Å². The fourth-order valence-electron chi connectivity index (χ4n) is 3.19. The van der Waals surface area contributed by atoms with Gasteiger partial charge < -0.3 is 9.84 Å². The van der Waals surface area contributed by atoms with Crippen molar-refractivity contribution < 1.29 is 23.4 Å². The number of rotatable bonds is 6. The third-order valence-corrected chi connectivity index (χ3v) is 4.39. The number of carbonyl (C=O) groups is 1. The van der Waals surface area contributed by atoms with E-state index in [2.05, 4.69) is 11.7 Å². The molecule has 0 radical (unpaired) electrons. The second kappa shape index (κ2) is 7.07. The van der Waals surface area contributed by atoms with Crippen molar-refractivity contribution in [3.63, 3.8) is 0 Å². The maximum atomic E-state index is 13.0. The molecule has 3 nitrogen and oxygen atoms in total. The Hall–Kier alpha value is -1.65. The second-order valence-corrected chi connectivity index (χ2v) is 6.00. The quantitative estimate of drug-likeness (QED) is 0.819. The first-order valence-electron chi connectivity index (χ1n) is 7.82. The molecule has 1 N–H and O–H groups in total. The van der Waals surface area contributed by atoms with Gasteiger partial charge in [0.1, 0.15) is 5.75 Å². The lowest BCUT2D eigenvalue weighted by atomic mass is 9.77. The zero-order valence-corrected chi connectivity index (χ0v) is 12.7. The van der Waals surface area contributed by atoms with Gasteiger partial charge in [-0.1, -0.05) is 31.9 Å². The molecule has 0 atom stereocenters. The number of alkyl halides is 2. The SMILES string of the molecule is CCCC1CCC(c2ccc(OC(F)(F)C(=O)O)cc2)CC1. The zero-order valence-electron chi connectivity index (χ0n) is 12.7. The van der Waals surface area contributed by atoms with Crippen molar-refractivity contribution >= 4 is 5.97 Å². The van der Waals surface area contributed by atoms with Gasteiger partial charge in [-0.2, -0.15) is 8.78 Å². The highest BCUT2D eigenvalue weighted by molar-refractivity contribution is 5.73. The highest BCUT2D eigenvalue weighted by Gasteiger charge is 2.42. The van der Waals surface area contributed by atoms with Gasteiger partial charge in [-0.15, -0.1) is 0 Å². The minimum Gasteiger partial charge on any atom is -0.474 e. The number of benzene rings is 1. The first-order chi connectivity index (χ1) is 10.4. The first-order valence-corrected chi connectivity index (χ1v) is 7.82. The number of ether oxygens (including phenoxy) is 1. The Balaban J connectivity index is 1.94. The van der Waals surface area contributed by atoms with Crippen LogP contribution in [-0.4, -0.2) is 17.2 Å². The van der Waals surface area contributed by atoms with Crippen LogP contribution < -0.4 is 4.74 Å². The lowest BCUT2D eigenvalue weighted by molar-refractivity contribution is -0.210. The van der Waals surface area contributed by atoms with Crippen molar-refractivity contribution in [1.82, 2.24) is 0 Å². The smallest absolute Gasteiger partial charge is 0.474 e. The third-order valence-electron chi connectivity index (χ3n) is 4.39. The Morgan fingerprint density at radius 1 is 1.23 bits per heavy atom. The van der Waals surface area contributed by atoms with Gasteiger partial charge in [0.25, 0.3) is 0 Å². The van der Waals surface area contributed by atoms with Crippen LogP contribution in [0.5, 0.6) is 5.75 Å². The average molecular weight is 312 g/mol. The van der Waals surface area contributed by atoms with Crippen LogP contribution in [0.3, 0.4) is 0 Å². The van der Waals surface area contributed by atoms with Crippen LogP contribution in [0.15, 0.2) is 24.3 Å². The van der Waals surface area contributed by atoms with Gasteiger partial charge in [0.15, 0.2) is 0 Å². The second-order valence-electron chi connectivity index (χ2n) is 6.00. The van der Waals surface area contributed by atoms with Crippen LogP contribution in [0.25, 0.3) is 0 Å². The number of aliphatic carboxylic acids is 1. The Labute approximate surface area is 129 Å². The van der Waals surface area contributed by atoms with E-state index < -0.39 is 12.1 Å². The molecular weight excluding hydrogens is 290 g/mol. The first kappa shape index (κ1) is 16.7. The van der Waals surface area contributed by atoms with E-state index in [0.29, 0.717) is 5.92 Å². The number of hydrogen-bond acceptors (Lipinski definition) is 2. The van der Waals surface area contributed by atoms with Crippen LogP contribution >= 0.6 is 0 Å². The molecule has 0 saturated heterocycles. The molecule has 122 valence electrons. The number of carboxylic acid groups (broad SMARTS) is 1.